The molecular formula is C27H18Cl2N2O2. The van der Waals surface area contributed by atoms with Crippen LogP contribution in [-0.4, -0.2) is 5.91 Å². The van der Waals surface area contributed by atoms with Crippen LogP contribution in [0.15, 0.2) is 90.5 Å². The Hall–Kier alpha value is -3.78. The first-order valence-electron chi connectivity index (χ1n) is 10.1. The van der Waals surface area contributed by atoms with E-state index in [0.717, 1.165) is 16.3 Å². The first-order valence-corrected chi connectivity index (χ1v) is 10.9. The van der Waals surface area contributed by atoms with E-state index in [0.29, 0.717) is 27.0 Å². The Morgan fingerprint density at radius 1 is 0.970 bits per heavy atom. The number of hydrogen-bond donors (Lipinski definition) is 1. The number of amides is 1. The zero-order chi connectivity index (χ0) is 23.2. The predicted molar refractivity (Wildman–Crippen MR) is 133 cm³/mol. The number of ether oxygens (including phenoxy) is 1. The van der Waals surface area contributed by atoms with Crippen molar-refractivity contribution in [3.8, 4) is 11.8 Å². The molecule has 1 amide bonds. The van der Waals surface area contributed by atoms with Gasteiger partial charge in [0, 0.05) is 10.6 Å². The lowest BCUT2D eigenvalue weighted by atomic mass is 10.0. The largest absolute Gasteiger partial charge is 0.488 e. The number of halogens is 2. The monoisotopic (exact) mass is 472 g/mol. The summed E-state index contributed by atoms with van der Waals surface area (Å²) in [5, 5.41) is 15.3. The molecular weight excluding hydrogens is 455 g/mol. The third-order valence-corrected chi connectivity index (χ3v) is 5.55. The Morgan fingerprint density at radius 3 is 2.55 bits per heavy atom. The van der Waals surface area contributed by atoms with Crippen molar-refractivity contribution in [2.45, 2.75) is 6.61 Å². The first-order chi connectivity index (χ1) is 16.0. The van der Waals surface area contributed by atoms with Crippen LogP contribution >= 0.6 is 23.2 Å². The minimum absolute atomic E-state index is 0.0705. The van der Waals surface area contributed by atoms with Gasteiger partial charge in [0.1, 0.15) is 24.0 Å². The summed E-state index contributed by atoms with van der Waals surface area (Å²) in [7, 11) is 0. The van der Waals surface area contributed by atoms with Crippen molar-refractivity contribution in [1.82, 2.24) is 0 Å². The molecule has 0 fully saturated rings. The van der Waals surface area contributed by atoms with Crippen LogP contribution in [0, 0.1) is 11.3 Å². The van der Waals surface area contributed by atoms with Crippen LogP contribution in [0.3, 0.4) is 0 Å². The maximum Gasteiger partial charge on any atom is 0.266 e. The van der Waals surface area contributed by atoms with Gasteiger partial charge >= 0.3 is 0 Å². The average Bonchev–Trinajstić information content (AvgIpc) is 2.83. The number of hydrogen-bond acceptors (Lipinski definition) is 3. The molecule has 0 heterocycles. The summed E-state index contributed by atoms with van der Waals surface area (Å²) in [6.45, 7) is 0.285. The van der Waals surface area contributed by atoms with Crippen molar-refractivity contribution in [3.63, 3.8) is 0 Å². The van der Waals surface area contributed by atoms with E-state index in [1.54, 1.807) is 36.4 Å². The van der Waals surface area contributed by atoms with Crippen molar-refractivity contribution >= 4 is 51.6 Å². The van der Waals surface area contributed by atoms with E-state index >= 15 is 0 Å². The second-order valence-corrected chi connectivity index (χ2v) is 8.06. The van der Waals surface area contributed by atoms with Gasteiger partial charge in [-0.05, 0) is 52.7 Å². The van der Waals surface area contributed by atoms with Crippen LogP contribution in [0.25, 0.3) is 16.8 Å². The van der Waals surface area contributed by atoms with Crippen LogP contribution in [0.5, 0.6) is 5.75 Å². The van der Waals surface area contributed by atoms with Gasteiger partial charge in [0.2, 0.25) is 0 Å². The number of rotatable bonds is 6. The van der Waals surface area contributed by atoms with Gasteiger partial charge in [-0.2, -0.15) is 5.26 Å². The number of nitrogens with zero attached hydrogens (tertiary/aromatic N) is 1. The molecule has 0 bridgehead atoms. The van der Waals surface area contributed by atoms with Gasteiger partial charge in [-0.3, -0.25) is 4.79 Å². The molecule has 0 saturated carbocycles. The molecule has 4 aromatic carbocycles. The summed E-state index contributed by atoms with van der Waals surface area (Å²) in [4.78, 5) is 12.8. The molecule has 4 nitrogen and oxygen atoms in total. The van der Waals surface area contributed by atoms with Crippen LogP contribution in [0.1, 0.15) is 11.1 Å². The quantitative estimate of drug-likeness (QED) is 0.237. The van der Waals surface area contributed by atoms with Crippen LogP contribution in [0.4, 0.5) is 5.69 Å². The Kier molecular flexibility index (Phi) is 6.95. The summed E-state index contributed by atoms with van der Waals surface area (Å²) < 4.78 is 6.08. The number of carbonyl (C=O) groups is 1. The van der Waals surface area contributed by atoms with Crippen LogP contribution in [-0.2, 0) is 11.4 Å². The van der Waals surface area contributed by atoms with Gasteiger partial charge in [-0.1, -0.05) is 77.8 Å². The fourth-order valence-corrected chi connectivity index (χ4v) is 3.78. The predicted octanol–water partition coefficient (Wildman–Crippen LogP) is 7.27. The second-order valence-electron chi connectivity index (χ2n) is 7.22. The topological polar surface area (TPSA) is 62.1 Å². The Bertz CT molecular complexity index is 1410. The molecule has 0 radical (unpaired) electrons. The molecule has 162 valence electrons. The van der Waals surface area contributed by atoms with Gasteiger partial charge in [-0.25, -0.2) is 0 Å². The molecule has 0 spiro atoms. The van der Waals surface area contributed by atoms with E-state index in [9.17, 15) is 10.1 Å². The van der Waals surface area contributed by atoms with Gasteiger partial charge in [-0.15, -0.1) is 0 Å². The maximum atomic E-state index is 12.8. The normalized spacial score (nSPS) is 11.1. The lowest BCUT2D eigenvalue weighted by molar-refractivity contribution is -0.112. The fraction of sp³-hybridized carbons (Fsp3) is 0.0370. The van der Waals surface area contributed by atoms with Gasteiger partial charge in [0.05, 0.1) is 10.7 Å². The Morgan fingerprint density at radius 2 is 1.76 bits per heavy atom. The summed E-state index contributed by atoms with van der Waals surface area (Å²) in [5.41, 5.74) is 1.91. The second kappa shape index (κ2) is 10.2. The zero-order valence-corrected chi connectivity index (χ0v) is 18.9. The van der Waals surface area contributed by atoms with Crippen molar-refractivity contribution in [2.24, 2.45) is 0 Å². The molecule has 4 rings (SSSR count). The molecule has 0 saturated heterocycles. The summed E-state index contributed by atoms with van der Waals surface area (Å²) >= 11 is 12.2. The highest BCUT2D eigenvalue weighted by atomic mass is 35.5. The maximum absolute atomic E-state index is 12.8. The molecule has 0 unspecified atom stereocenters. The number of nitrogens with one attached hydrogen (secondary N) is 1. The lowest BCUT2D eigenvalue weighted by Gasteiger charge is -2.13. The summed E-state index contributed by atoms with van der Waals surface area (Å²) in [6.07, 6.45) is 1.54. The first kappa shape index (κ1) is 22.4. The van der Waals surface area contributed by atoms with E-state index in [4.69, 9.17) is 27.9 Å². The molecule has 0 aliphatic rings. The molecule has 0 atom stereocenters. The smallest absolute Gasteiger partial charge is 0.266 e. The van der Waals surface area contributed by atoms with Gasteiger partial charge in [0.15, 0.2) is 0 Å². The number of carbonyl (C=O) groups excluding carboxylic acids is 1. The highest BCUT2D eigenvalue weighted by Gasteiger charge is 2.15. The van der Waals surface area contributed by atoms with E-state index in [1.807, 2.05) is 60.7 Å². The molecule has 0 aliphatic heterocycles. The standard InChI is InChI=1S/C27H18Cl2N2O2/c28-21-8-5-6-18(14-21)17-33-26-13-12-19-7-1-2-9-22(19)23(26)15-20(16-30)27(32)31-25-11-4-3-10-24(25)29/h1-15H,17H2,(H,31,32)/b20-15+. The molecule has 6 heteroatoms. The minimum Gasteiger partial charge on any atom is -0.488 e. The van der Waals surface area contributed by atoms with Crippen molar-refractivity contribution in [1.29, 1.82) is 5.26 Å². The molecule has 0 aromatic heterocycles. The molecule has 0 aliphatic carbocycles. The third-order valence-electron chi connectivity index (χ3n) is 4.99. The molecule has 4 aromatic rings. The number of para-hydroxylation sites is 1. The van der Waals surface area contributed by atoms with Gasteiger partial charge in [0.25, 0.3) is 5.91 Å². The summed E-state index contributed by atoms with van der Waals surface area (Å²) in [5.74, 6) is -0.00806. The highest BCUT2D eigenvalue weighted by Crippen LogP contribution is 2.31. The molecule has 33 heavy (non-hydrogen) atoms. The SMILES string of the molecule is N#C/C(=C\c1c(OCc2cccc(Cl)c2)ccc2ccccc12)C(=O)Nc1ccccc1Cl. The number of benzene rings is 4. The summed E-state index contributed by atoms with van der Waals surface area (Å²) in [6, 6.07) is 27.7. The number of nitriles is 1. The fourth-order valence-electron chi connectivity index (χ4n) is 3.38. The minimum atomic E-state index is -0.556. The highest BCUT2D eigenvalue weighted by molar-refractivity contribution is 6.34. The van der Waals surface area contributed by atoms with Crippen LogP contribution < -0.4 is 10.1 Å². The van der Waals surface area contributed by atoms with Crippen molar-refractivity contribution in [2.75, 3.05) is 5.32 Å². The van der Waals surface area contributed by atoms with Crippen LogP contribution in [0.2, 0.25) is 10.0 Å². The Labute approximate surface area is 201 Å². The lowest BCUT2D eigenvalue weighted by Crippen LogP contribution is -2.13. The van der Waals surface area contributed by atoms with E-state index in [-0.39, 0.29) is 12.2 Å². The van der Waals surface area contributed by atoms with E-state index in [1.165, 1.54) is 0 Å². The van der Waals surface area contributed by atoms with Gasteiger partial charge < -0.3 is 10.1 Å². The van der Waals surface area contributed by atoms with Crippen molar-refractivity contribution < 1.29 is 9.53 Å². The third kappa shape index (κ3) is 5.35. The zero-order valence-electron chi connectivity index (χ0n) is 17.4. The molecule has 1 N–H and O–H groups in total. The Balaban J connectivity index is 1.71. The number of fused-ring (bicyclic) bond motifs is 1. The number of anilines is 1. The van der Waals surface area contributed by atoms with E-state index in [2.05, 4.69) is 5.32 Å². The van der Waals surface area contributed by atoms with E-state index < -0.39 is 5.91 Å². The van der Waals surface area contributed by atoms with Crippen molar-refractivity contribution in [3.05, 3.63) is 112 Å². The average molecular weight is 473 g/mol.